The molecule has 2 fully saturated rings. The minimum absolute atomic E-state index is 0.0810. The fraction of sp³-hybridized carbons (Fsp3) is 0.542. The Balaban J connectivity index is 1.28. The number of rotatable bonds is 6. The number of piperidine rings is 1. The Morgan fingerprint density at radius 3 is 2.66 bits per heavy atom. The number of nitrogens with one attached hydrogen (secondary N) is 3. The van der Waals surface area contributed by atoms with Crippen LogP contribution in [0, 0.1) is 6.92 Å². The van der Waals surface area contributed by atoms with E-state index in [1.165, 1.54) is 5.69 Å². The molecule has 0 amide bonds. The second-order valence-electron chi connectivity index (χ2n) is 9.77. The number of hydrogen-bond acceptors (Lipinski definition) is 6. The van der Waals surface area contributed by atoms with Crippen molar-refractivity contribution in [3.05, 3.63) is 48.2 Å². The molecule has 2 atom stereocenters. The van der Waals surface area contributed by atoms with Crippen LogP contribution in [0.15, 0.2) is 36.8 Å². The van der Waals surface area contributed by atoms with Gasteiger partial charge in [0.15, 0.2) is 0 Å². The topological polar surface area (TPSA) is 86.7 Å². The SMILES string of the molecule is Cc1c(-c2cccc(C(C)Nc3cn[nH]c3)n2)cnn1C1CCN(C2CNC2(C)C)CC1. The molecule has 0 bridgehead atoms. The van der Waals surface area contributed by atoms with Gasteiger partial charge in [-0.2, -0.15) is 10.2 Å². The Morgan fingerprint density at radius 1 is 1.19 bits per heavy atom. The summed E-state index contributed by atoms with van der Waals surface area (Å²) in [6.07, 6.45) is 7.91. The van der Waals surface area contributed by atoms with Crippen molar-refractivity contribution >= 4 is 5.69 Å². The molecule has 5 rings (SSSR count). The van der Waals surface area contributed by atoms with Gasteiger partial charge in [-0.1, -0.05) is 6.07 Å². The van der Waals surface area contributed by atoms with E-state index in [4.69, 9.17) is 10.1 Å². The van der Waals surface area contributed by atoms with Gasteiger partial charge in [-0.3, -0.25) is 19.7 Å². The highest BCUT2D eigenvalue weighted by molar-refractivity contribution is 5.61. The summed E-state index contributed by atoms with van der Waals surface area (Å²) in [7, 11) is 0. The quantitative estimate of drug-likeness (QED) is 0.550. The summed E-state index contributed by atoms with van der Waals surface area (Å²) < 4.78 is 2.23. The number of pyridine rings is 1. The average molecular weight is 435 g/mol. The molecule has 32 heavy (non-hydrogen) atoms. The first-order valence-electron chi connectivity index (χ1n) is 11.7. The molecule has 0 aliphatic carbocycles. The summed E-state index contributed by atoms with van der Waals surface area (Å²) in [5.74, 6) is 0. The van der Waals surface area contributed by atoms with Crippen LogP contribution < -0.4 is 10.6 Å². The minimum atomic E-state index is 0.0810. The Hall–Kier alpha value is -2.71. The number of nitrogens with zero attached hydrogens (tertiary/aromatic N) is 5. The first-order valence-corrected chi connectivity index (χ1v) is 11.7. The predicted octanol–water partition coefficient (Wildman–Crippen LogP) is 3.54. The Bertz CT molecular complexity index is 1050. The zero-order valence-corrected chi connectivity index (χ0v) is 19.5. The van der Waals surface area contributed by atoms with E-state index in [1.807, 2.05) is 12.4 Å². The third-order valence-electron chi connectivity index (χ3n) is 7.29. The van der Waals surface area contributed by atoms with Crippen molar-refractivity contribution in [1.82, 2.24) is 35.2 Å². The summed E-state index contributed by atoms with van der Waals surface area (Å²) in [5.41, 5.74) is 5.50. The molecule has 2 unspecified atom stereocenters. The van der Waals surface area contributed by atoms with Crippen LogP contribution in [-0.4, -0.2) is 61.1 Å². The second kappa shape index (κ2) is 8.33. The molecule has 0 aromatic carbocycles. The molecule has 3 aromatic rings. The number of anilines is 1. The van der Waals surface area contributed by atoms with E-state index < -0.39 is 0 Å². The van der Waals surface area contributed by atoms with Gasteiger partial charge in [-0.15, -0.1) is 0 Å². The Kier molecular flexibility index (Phi) is 5.51. The Labute approximate surface area is 189 Å². The molecule has 2 aliphatic rings. The van der Waals surface area contributed by atoms with E-state index in [9.17, 15) is 0 Å². The van der Waals surface area contributed by atoms with Gasteiger partial charge in [0.25, 0.3) is 0 Å². The maximum absolute atomic E-state index is 4.95. The molecule has 2 saturated heterocycles. The van der Waals surface area contributed by atoms with Crippen LogP contribution in [-0.2, 0) is 0 Å². The van der Waals surface area contributed by atoms with Crippen molar-refractivity contribution in [3.8, 4) is 11.3 Å². The standard InChI is InChI=1S/C24H34N8/c1-16(29-18-12-26-27-13-18)21-6-5-7-22(30-21)20-14-28-32(17(20)2)19-8-10-31(11-9-19)23-15-25-24(23,3)4/h5-7,12-14,16,19,23,25,29H,8-11,15H2,1-4H3,(H,26,27). The fourth-order valence-electron chi connectivity index (χ4n) is 5.17. The molecule has 8 heteroatoms. The van der Waals surface area contributed by atoms with Crippen LogP contribution in [0.3, 0.4) is 0 Å². The monoisotopic (exact) mass is 434 g/mol. The van der Waals surface area contributed by atoms with Crippen LogP contribution >= 0.6 is 0 Å². The molecule has 3 N–H and O–H groups in total. The first kappa shape index (κ1) is 21.2. The maximum Gasteiger partial charge on any atom is 0.0740 e. The lowest BCUT2D eigenvalue weighted by molar-refractivity contribution is 0.0220. The third-order valence-corrected chi connectivity index (χ3v) is 7.29. The molecular formula is C24H34N8. The summed E-state index contributed by atoms with van der Waals surface area (Å²) >= 11 is 0. The molecule has 2 aliphatic heterocycles. The van der Waals surface area contributed by atoms with Gasteiger partial charge >= 0.3 is 0 Å². The predicted molar refractivity (Wildman–Crippen MR) is 127 cm³/mol. The lowest BCUT2D eigenvalue weighted by Gasteiger charge is -2.53. The number of aromatic amines is 1. The van der Waals surface area contributed by atoms with E-state index in [-0.39, 0.29) is 11.6 Å². The van der Waals surface area contributed by atoms with Gasteiger partial charge in [0.05, 0.1) is 41.6 Å². The molecular weight excluding hydrogens is 400 g/mol. The summed E-state index contributed by atoms with van der Waals surface area (Å²) in [4.78, 5) is 7.61. The number of aromatic nitrogens is 5. The van der Waals surface area contributed by atoms with Gasteiger partial charge in [0, 0.05) is 48.7 Å². The fourth-order valence-corrected chi connectivity index (χ4v) is 5.17. The zero-order chi connectivity index (χ0) is 22.3. The van der Waals surface area contributed by atoms with Gasteiger partial charge in [0.1, 0.15) is 0 Å². The largest absolute Gasteiger partial charge is 0.374 e. The second-order valence-corrected chi connectivity index (χ2v) is 9.77. The molecule has 0 radical (unpaired) electrons. The van der Waals surface area contributed by atoms with Gasteiger partial charge < -0.3 is 10.6 Å². The smallest absolute Gasteiger partial charge is 0.0740 e. The van der Waals surface area contributed by atoms with E-state index in [0.717, 1.165) is 55.1 Å². The normalized spacial score (nSPS) is 22.4. The van der Waals surface area contributed by atoms with Crippen molar-refractivity contribution < 1.29 is 0 Å². The summed E-state index contributed by atoms with van der Waals surface area (Å²) in [6, 6.07) is 7.42. The molecule has 170 valence electrons. The van der Waals surface area contributed by atoms with E-state index >= 15 is 0 Å². The van der Waals surface area contributed by atoms with E-state index in [0.29, 0.717) is 12.1 Å². The van der Waals surface area contributed by atoms with Crippen LogP contribution in [0.25, 0.3) is 11.3 Å². The van der Waals surface area contributed by atoms with Crippen molar-refractivity contribution in [3.63, 3.8) is 0 Å². The minimum Gasteiger partial charge on any atom is -0.374 e. The molecule has 5 heterocycles. The summed E-state index contributed by atoms with van der Waals surface area (Å²) in [5, 5.41) is 18.6. The van der Waals surface area contributed by atoms with E-state index in [1.54, 1.807) is 6.20 Å². The summed E-state index contributed by atoms with van der Waals surface area (Å²) in [6.45, 7) is 12.3. The highest BCUT2D eigenvalue weighted by Crippen LogP contribution is 2.32. The zero-order valence-electron chi connectivity index (χ0n) is 19.5. The van der Waals surface area contributed by atoms with Crippen molar-refractivity contribution in [1.29, 1.82) is 0 Å². The lowest BCUT2D eigenvalue weighted by Crippen LogP contribution is -2.72. The number of H-pyrrole nitrogens is 1. The maximum atomic E-state index is 4.95. The van der Waals surface area contributed by atoms with Crippen LogP contribution in [0.1, 0.15) is 57.1 Å². The van der Waals surface area contributed by atoms with Crippen molar-refractivity contribution in [2.24, 2.45) is 0 Å². The third kappa shape index (κ3) is 3.93. The van der Waals surface area contributed by atoms with Gasteiger partial charge in [0.2, 0.25) is 0 Å². The highest BCUT2D eigenvalue weighted by atomic mass is 15.3. The van der Waals surface area contributed by atoms with E-state index in [2.05, 4.69) is 76.3 Å². The highest BCUT2D eigenvalue weighted by Gasteiger charge is 2.42. The van der Waals surface area contributed by atoms with Crippen molar-refractivity contribution in [2.45, 2.75) is 64.2 Å². The van der Waals surface area contributed by atoms with Gasteiger partial charge in [-0.05, 0) is 52.7 Å². The molecule has 0 saturated carbocycles. The Morgan fingerprint density at radius 2 is 2.00 bits per heavy atom. The first-order chi connectivity index (χ1) is 15.4. The number of likely N-dealkylation sites (tertiary alicyclic amines) is 1. The lowest BCUT2D eigenvalue weighted by atomic mass is 9.84. The average Bonchev–Trinajstić information content (AvgIpc) is 3.43. The van der Waals surface area contributed by atoms with Crippen LogP contribution in [0.5, 0.6) is 0 Å². The van der Waals surface area contributed by atoms with Crippen LogP contribution in [0.4, 0.5) is 5.69 Å². The van der Waals surface area contributed by atoms with Gasteiger partial charge in [-0.25, -0.2) is 0 Å². The number of hydrogen-bond donors (Lipinski definition) is 3. The molecule has 8 nitrogen and oxygen atoms in total. The molecule has 0 spiro atoms. The van der Waals surface area contributed by atoms with Crippen LogP contribution in [0.2, 0.25) is 0 Å². The molecule has 3 aromatic heterocycles. The van der Waals surface area contributed by atoms with Crippen molar-refractivity contribution in [2.75, 3.05) is 25.0 Å².